The van der Waals surface area contributed by atoms with Gasteiger partial charge in [-0.05, 0) is 49.8 Å². The number of methoxy groups -OCH3 is 1. The van der Waals surface area contributed by atoms with Gasteiger partial charge in [0.25, 0.3) is 5.91 Å². The molecular weight excluding hydrogens is 362 g/mol. The molecule has 144 valence electrons. The van der Waals surface area contributed by atoms with E-state index < -0.39 is 12.1 Å². The molecule has 1 aliphatic rings. The first-order valence-electron chi connectivity index (χ1n) is 9.20. The zero-order chi connectivity index (χ0) is 19.4. The monoisotopic (exact) mass is 387 g/mol. The van der Waals surface area contributed by atoms with E-state index in [0.717, 1.165) is 24.8 Å². The number of hydrogen-bond acceptors (Lipinski definition) is 5. The molecule has 1 N–H and O–H groups in total. The highest BCUT2D eigenvalue weighted by Gasteiger charge is 2.24. The van der Waals surface area contributed by atoms with Crippen molar-refractivity contribution in [3.63, 3.8) is 0 Å². The summed E-state index contributed by atoms with van der Waals surface area (Å²) in [5.74, 6) is 0.600. The molecule has 0 radical (unpaired) electrons. The Bertz CT molecular complexity index is 829. The van der Waals surface area contributed by atoms with Gasteiger partial charge in [0.05, 0.1) is 7.11 Å². The van der Waals surface area contributed by atoms with Gasteiger partial charge in [-0.1, -0.05) is 25.1 Å². The number of fused-ring (bicyclic) bond motifs is 1. The third-order valence-electron chi connectivity index (χ3n) is 4.83. The number of para-hydroxylation sites is 1. The molecule has 0 saturated carbocycles. The van der Waals surface area contributed by atoms with Gasteiger partial charge in [0, 0.05) is 17.0 Å². The highest BCUT2D eigenvalue weighted by molar-refractivity contribution is 7.14. The van der Waals surface area contributed by atoms with Crippen molar-refractivity contribution in [3.8, 4) is 5.75 Å². The fourth-order valence-electron chi connectivity index (χ4n) is 3.25. The Hall–Kier alpha value is -2.34. The maximum atomic E-state index is 12.4. The molecule has 0 bridgehead atoms. The summed E-state index contributed by atoms with van der Waals surface area (Å²) in [6, 6.07) is 9.40. The van der Waals surface area contributed by atoms with E-state index in [-0.39, 0.29) is 5.91 Å². The third kappa shape index (κ3) is 4.69. The van der Waals surface area contributed by atoms with Crippen molar-refractivity contribution in [2.75, 3.05) is 7.11 Å². The maximum absolute atomic E-state index is 12.4. The molecular formula is C21H25NO4S. The molecule has 2 atom stereocenters. The minimum absolute atomic E-state index is 0.315. The van der Waals surface area contributed by atoms with E-state index in [0.29, 0.717) is 23.1 Å². The van der Waals surface area contributed by atoms with Crippen molar-refractivity contribution >= 4 is 23.2 Å². The van der Waals surface area contributed by atoms with E-state index in [1.54, 1.807) is 14.0 Å². The van der Waals surface area contributed by atoms with Crippen molar-refractivity contribution in [1.29, 1.82) is 0 Å². The van der Waals surface area contributed by atoms with Gasteiger partial charge < -0.3 is 14.8 Å². The van der Waals surface area contributed by atoms with Gasteiger partial charge in [-0.2, -0.15) is 0 Å². The summed E-state index contributed by atoms with van der Waals surface area (Å²) in [6.45, 7) is 4.13. The van der Waals surface area contributed by atoms with Gasteiger partial charge in [0.15, 0.2) is 6.10 Å². The first kappa shape index (κ1) is 19.4. The molecule has 3 rings (SSSR count). The molecule has 0 fully saturated rings. The van der Waals surface area contributed by atoms with Gasteiger partial charge >= 0.3 is 5.97 Å². The van der Waals surface area contributed by atoms with Crippen LogP contribution in [0.3, 0.4) is 0 Å². The Balaban J connectivity index is 1.55. The molecule has 0 saturated heterocycles. The lowest BCUT2D eigenvalue weighted by molar-refractivity contribution is -0.129. The molecule has 1 aromatic carbocycles. The minimum Gasteiger partial charge on any atom is -0.496 e. The van der Waals surface area contributed by atoms with E-state index in [9.17, 15) is 9.59 Å². The van der Waals surface area contributed by atoms with E-state index in [1.807, 2.05) is 30.3 Å². The van der Waals surface area contributed by atoms with Crippen LogP contribution in [0.1, 0.15) is 45.9 Å². The molecule has 1 heterocycles. The first-order chi connectivity index (χ1) is 13.0. The van der Waals surface area contributed by atoms with E-state index in [1.165, 1.54) is 21.8 Å². The van der Waals surface area contributed by atoms with E-state index >= 15 is 0 Å². The molecule has 5 nitrogen and oxygen atoms in total. The lowest BCUT2D eigenvalue weighted by Crippen LogP contribution is -2.35. The molecule has 6 heteroatoms. The number of hydrogen-bond donors (Lipinski definition) is 1. The molecule has 1 amide bonds. The maximum Gasteiger partial charge on any atom is 0.349 e. The van der Waals surface area contributed by atoms with Crippen LogP contribution < -0.4 is 10.1 Å². The summed E-state index contributed by atoms with van der Waals surface area (Å²) in [7, 11) is 1.59. The van der Waals surface area contributed by atoms with E-state index in [4.69, 9.17) is 9.47 Å². The summed E-state index contributed by atoms with van der Waals surface area (Å²) >= 11 is 1.49. The molecule has 2 aromatic rings. The Morgan fingerprint density at radius 1 is 1.33 bits per heavy atom. The highest BCUT2D eigenvalue weighted by Crippen LogP contribution is 2.32. The number of ether oxygens (including phenoxy) is 2. The van der Waals surface area contributed by atoms with Crippen LogP contribution in [-0.4, -0.2) is 25.1 Å². The van der Waals surface area contributed by atoms with Crippen LogP contribution >= 0.6 is 11.3 Å². The average molecular weight is 388 g/mol. The summed E-state index contributed by atoms with van der Waals surface area (Å²) in [4.78, 5) is 26.6. The summed E-state index contributed by atoms with van der Waals surface area (Å²) in [6.07, 6.45) is 2.33. The van der Waals surface area contributed by atoms with Crippen LogP contribution in [0.15, 0.2) is 30.3 Å². The summed E-state index contributed by atoms with van der Waals surface area (Å²) in [5, 5.41) is 2.79. The third-order valence-corrected chi connectivity index (χ3v) is 6.05. The Morgan fingerprint density at radius 2 is 2.11 bits per heavy atom. The summed E-state index contributed by atoms with van der Waals surface area (Å²) in [5.41, 5.74) is 2.12. The van der Waals surface area contributed by atoms with Crippen molar-refractivity contribution in [2.24, 2.45) is 5.92 Å². The summed E-state index contributed by atoms with van der Waals surface area (Å²) < 4.78 is 10.6. The first-order valence-corrected chi connectivity index (χ1v) is 10.0. The van der Waals surface area contributed by atoms with Crippen LogP contribution in [0.4, 0.5) is 0 Å². The predicted octanol–water partition coefficient (Wildman–Crippen LogP) is 3.74. The second kappa shape index (κ2) is 8.57. The van der Waals surface area contributed by atoms with Gasteiger partial charge in [-0.3, -0.25) is 4.79 Å². The van der Waals surface area contributed by atoms with Crippen LogP contribution in [0.2, 0.25) is 0 Å². The Morgan fingerprint density at radius 3 is 2.89 bits per heavy atom. The number of carbonyl (C=O) groups is 2. The fourth-order valence-corrected chi connectivity index (χ4v) is 4.34. The molecule has 0 unspecified atom stereocenters. The molecule has 27 heavy (non-hydrogen) atoms. The quantitative estimate of drug-likeness (QED) is 0.767. The fraction of sp³-hybridized carbons (Fsp3) is 0.429. The lowest BCUT2D eigenvalue weighted by Gasteiger charge is -2.16. The van der Waals surface area contributed by atoms with Gasteiger partial charge in [-0.15, -0.1) is 11.3 Å². The number of carbonyl (C=O) groups excluding carboxylic acids is 2. The van der Waals surface area contributed by atoms with Crippen molar-refractivity contribution < 1.29 is 19.1 Å². The van der Waals surface area contributed by atoms with Crippen LogP contribution in [0.25, 0.3) is 0 Å². The normalized spacial score (nSPS) is 16.9. The van der Waals surface area contributed by atoms with Gasteiger partial charge in [0.1, 0.15) is 10.6 Å². The largest absolute Gasteiger partial charge is 0.496 e. The second-order valence-electron chi connectivity index (χ2n) is 6.98. The van der Waals surface area contributed by atoms with Crippen LogP contribution in [0, 0.1) is 5.92 Å². The van der Waals surface area contributed by atoms with Crippen molar-refractivity contribution in [1.82, 2.24) is 5.32 Å². The second-order valence-corrected chi connectivity index (χ2v) is 8.12. The van der Waals surface area contributed by atoms with E-state index in [2.05, 4.69) is 12.2 Å². The number of rotatable bonds is 6. The average Bonchev–Trinajstić information content (AvgIpc) is 3.09. The van der Waals surface area contributed by atoms with Gasteiger partial charge in [-0.25, -0.2) is 4.79 Å². The minimum atomic E-state index is -0.856. The lowest BCUT2D eigenvalue weighted by atomic mass is 9.90. The Labute approximate surface area is 163 Å². The number of aryl methyl sites for hydroxylation is 1. The van der Waals surface area contributed by atoms with Crippen LogP contribution in [0.5, 0.6) is 5.75 Å². The molecule has 0 aliphatic heterocycles. The predicted molar refractivity (Wildman–Crippen MR) is 105 cm³/mol. The molecule has 0 spiro atoms. The molecule has 1 aromatic heterocycles. The van der Waals surface area contributed by atoms with Crippen molar-refractivity contribution in [2.45, 2.75) is 45.8 Å². The highest BCUT2D eigenvalue weighted by atomic mass is 32.1. The zero-order valence-corrected chi connectivity index (χ0v) is 16.7. The standard InChI is InChI=1S/C21H25NO4S/c1-13-8-9-18-16(10-13)11-19(27-18)21(24)26-14(2)20(23)22-12-15-6-4-5-7-17(15)25-3/h4-7,11,13-14H,8-10,12H2,1-3H3,(H,22,23)/t13-,14+/m0/s1. The smallest absolute Gasteiger partial charge is 0.349 e. The van der Waals surface area contributed by atoms with Gasteiger partial charge in [0.2, 0.25) is 0 Å². The SMILES string of the molecule is COc1ccccc1CNC(=O)[C@@H](C)OC(=O)c1cc2c(s1)CC[C@H](C)C2. The number of benzene rings is 1. The number of nitrogens with one attached hydrogen (secondary N) is 1. The van der Waals surface area contributed by atoms with Crippen molar-refractivity contribution in [3.05, 3.63) is 51.2 Å². The zero-order valence-electron chi connectivity index (χ0n) is 15.9. The number of esters is 1. The molecule has 1 aliphatic carbocycles. The number of thiophene rings is 1. The topological polar surface area (TPSA) is 64.6 Å². The Kier molecular flexibility index (Phi) is 6.16. The number of amides is 1. The van der Waals surface area contributed by atoms with Crippen LogP contribution in [-0.2, 0) is 28.9 Å².